The molecule has 4 rings (SSSR count). The van der Waals surface area contributed by atoms with Gasteiger partial charge in [0.1, 0.15) is 0 Å². The highest BCUT2D eigenvalue weighted by Crippen LogP contribution is 2.26. The van der Waals surface area contributed by atoms with Gasteiger partial charge in [-0.3, -0.25) is 4.79 Å². The molecule has 4 heteroatoms. The molecule has 4 aromatic rings. The van der Waals surface area contributed by atoms with E-state index in [9.17, 15) is 9.59 Å². The summed E-state index contributed by atoms with van der Waals surface area (Å²) >= 11 is 0. The minimum Gasteiger partial charge on any atom is -0.465 e. The first-order chi connectivity index (χ1) is 12.7. The summed E-state index contributed by atoms with van der Waals surface area (Å²) in [5.74, 6) is -0.505. The quantitative estimate of drug-likeness (QED) is 0.417. The van der Waals surface area contributed by atoms with Crippen molar-refractivity contribution in [3.05, 3.63) is 94.3 Å². The largest absolute Gasteiger partial charge is 0.465 e. The fraction of sp³-hybridized carbons (Fsp3) is 0.0909. The molecule has 3 aromatic carbocycles. The number of carbonyl (C=O) groups excluding carboxylic acids is 1. The molecule has 0 unspecified atom stereocenters. The molecule has 128 valence electrons. The van der Waals surface area contributed by atoms with Crippen molar-refractivity contribution in [2.24, 2.45) is 0 Å². The fourth-order valence-corrected chi connectivity index (χ4v) is 3.39. The number of pyridine rings is 1. The predicted molar refractivity (Wildman–Crippen MR) is 103 cm³/mol. The van der Waals surface area contributed by atoms with Crippen LogP contribution in [0.3, 0.4) is 0 Å². The zero-order valence-corrected chi connectivity index (χ0v) is 14.3. The van der Waals surface area contributed by atoms with Crippen molar-refractivity contribution >= 4 is 27.6 Å². The van der Waals surface area contributed by atoms with E-state index in [1.165, 1.54) is 7.11 Å². The average molecular weight is 343 g/mol. The SMILES string of the molecule is COC(=O)c1cccc2c1c(=O)n(Cc1ccccc1)c1ccccc21. The van der Waals surface area contributed by atoms with Gasteiger partial charge in [0.05, 0.1) is 30.1 Å². The molecule has 0 radical (unpaired) electrons. The van der Waals surface area contributed by atoms with Crippen LogP contribution in [-0.2, 0) is 11.3 Å². The highest BCUT2D eigenvalue weighted by Gasteiger charge is 2.18. The topological polar surface area (TPSA) is 48.3 Å². The summed E-state index contributed by atoms with van der Waals surface area (Å²) in [5.41, 5.74) is 1.97. The second-order valence-electron chi connectivity index (χ2n) is 6.11. The lowest BCUT2D eigenvalue weighted by Gasteiger charge is -2.14. The van der Waals surface area contributed by atoms with E-state index < -0.39 is 5.97 Å². The molecule has 0 bridgehead atoms. The van der Waals surface area contributed by atoms with Gasteiger partial charge >= 0.3 is 5.97 Å². The second kappa shape index (κ2) is 6.48. The summed E-state index contributed by atoms with van der Waals surface area (Å²) in [6.07, 6.45) is 0. The number of fused-ring (bicyclic) bond motifs is 3. The number of rotatable bonds is 3. The van der Waals surface area contributed by atoms with Crippen LogP contribution in [-0.4, -0.2) is 17.6 Å². The first kappa shape index (κ1) is 16.1. The molecule has 0 saturated carbocycles. The van der Waals surface area contributed by atoms with Gasteiger partial charge in [0.25, 0.3) is 5.56 Å². The molecule has 1 aromatic heterocycles. The second-order valence-corrected chi connectivity index (χ2v) is 6.11. The van der Waals surface area contributed by atoms with E-state index in [0.717, 1.165) is 21.9 Å². The first-order valence-corrected chi connectivity index (χ1v) is 8.37. The van der Waals surface area contributed by atoms with Crippen LogP contribution in [0, 0.1) is 0 Å². The van der Waals surface area contributed by atoms with Crippen LogP contribution >= 0.6 is 0 Å². The van der Waals surface area contributed by atoms with Gasteiger partial charge in [-0.15, -0.1) is 0 Å². The molecule has 26 heavy (non-hydrogen) atoms. The van der Waals surface area contributed by atoms with E-state index in [-0.39, 0.29) is 5.56 Å². The van der Waals surface area contributed by atoms with E-state index >= 15 is 0 Å². The van der Waals surface area contributed by atoms with Crippen LogP contribution in [0.2, 0.25) is 0 Å². The van der Waals surface area contributed by atoms with Crippen molar-refractivity contribution in [1.29, 1.82) is 0 Å². The normalized spacial score (nSPS) is 11.0. The lowest BCUT2D eigenvalue weighted by atomic mass is 10.0. The minimum absolute atomic E-state index is 0.191. The molecule has 0 aliphatic carbocycles. The van der Waals surface area contributed by atoms with Gasteiger partial charge in [-0.1, -0.05) is 60.7 Å². The summed E-state index contributed by atoms with van der Waals surface area (Å²) in [6.45, 7) is 0.436. The minimum atomic E-state index is -0.505. The smallest absolute Gasteiger partial charge is 0.338 e. The van der Waals surface area contributed by atoms with Crippen molar-refractivity contribution in [3.8, 4) is 0 Å². The summed E-state index contributed by atoms with van der Waals surface area (Å²) in [4.78, 5) is 25.6. The van der Waals surface area contributed by atoms with E-state index in [0.29, 0.717) is 17.5 Å². The van der Waals surface area contributed by atoms with Gasteiger partial charge < -0.3 is 9.30 Å². The zero-order chi connectivity index (χ0) is 18.1. The van der Waals surface area contributed by atoms with E-state index in [4.69, 9.17) is 4.74 Å². The number of hydrogen-bond acceptors (Lipinski definition) is 3. The Balaban J connectivity index is 2.11. The van der Waals surface area contributed by atoms with Crippen LogP contribution in [0.1, 0.15) is 15.9 Å². The molecule has 0 atom stereocenters. The average Bonchev–Trinajstić information content (AvgIpc) is 2.70. The van der Waals surface area contributed by atoms with Crippen LogP contribution in [0.25, 0.3) is 21.7 Å². The van der Waals surface area contributed by atoms with E-state index in [1.807, 2.05) is 60.7 Å². The Hall–Kier alpha value is -3.40. The number of benzene rings is 3. The predicted octanol–water partition coefficient (Wildman–Crippen LogP) is 3.99. The summed E-state index contributed by atoms with van der Waals surface area (Å²) < 4.78 is 6.60. The van der Waals surface area contributed by atoms with E-state index in [1.54, 1.807) is 16.7 Å². The highest BCUT2D eigenvalue weighted by molar-refractivity contribution is 6.12. The standard InChI is InChI=1S/C22H17NO3/c1-26-22(25)18-12-7-11-17-16-10-5-6-13-19(16)23(21(24)20(17)18)14-15-8-3-2-4-9-15/h2-13H,14H2,1H3. The van der Waals surface area contributed by atoms with Gasteiger partial charge in [-0.25, -0.2) is 4.79 Å². The number of carbonyl (C=O) groups is 1. The Morgan fingerprint density at radius 2 is 1.58 bits per heavy atom. The van der Waals surface area contributed by atoms with Crippen LogP contribution < -0.4 is 5.56 Å². The van der Waals surface area contributed by atoms with Crippen molar-refractivity contribution in [1.82, 2.24) is 4.57 Å². The Labute approximate surface area is 150 Å². The van der Waals surface area contributed by atoms with Gasteiger partial charge in [0.2, 0.25) is 0 Å². The summed E-state index contributed by atoms with van der Waals surface area (Å²) in [5, 5.41) is 2.09. The van der Waals surface area contributed by atoms with Crippen molar-refractivity contribution in [3.63, 3.8) is 0 Å². The number of hydrogen-bond donors (Lipinski definition) is 0. The summed E-state index contributed by atoms with van der Waals surface area (Å²) in [6, 6.07) is 22.9. The number of aromatic nitrogens is 1. The number of para-hydroxylation sites is 1. The maximum atomic E-state index is 13.3. The third-order valence-electron chi connectivity index (χ3n) is 4.60. The molecule has 0 aliphatic heterocycles. The molecule has 4 nitrogen and oxygen atoms in total. The van der Waals surface area contributed by atoms with Crippen LogP contribution in [0.4, 0.5) is 0 Å². The van der Waals surface area contributed by atoms with Gasteiger partial charge in [-0.05, 0) is 23.1 Å². The number of methoxy groups -OCH3 is 1. The molecular formula is C22H17NO3. The fourth-order valence-electron chi connectivity index (χ4n) is 3.39. The monoisotopic (exact) mass is 343 g/mol. The molecule has 0 spiro atoms. The maximum absolute atomic E-state index is 13.3. The molecular weight excluding hydrogens is 326 g/mol. The van der Waals surface area contributed by atoms with Crippen LogP contribution in [0.5, 0.6) is 0 Å². The van der Waals surface area contributed by atoms with Crippen molar-refractivity contribution in [2.45, 2.75) is 6.54 Å². The third kappa shape index (κ3) is 2.56. The van der Waals surface area contributed by atoms with E-state index in [2.05, 4.69) is 0 Å². The number of esters is 1. The Bertz CT molecular complexity index is 1180. The molecule has 1 heterocycles. The molecule has 0 saturated heterocycles. The van der Waals surface area contributed by atoms with Crippen molar-refractivity contribution in [2.75, 3.05) is 7.11 Å². The maximum Gasteiger partial charge on any atom is 0.338 e. The van der Waals surface area contributed by atoms with Gasteiger partial charge in [0, 0.05) is 5.39 Å². The van der Waals surface area contributed by atoms with Gasteiger partial charge in [-0.2, -0.15) is 0 Å². The number of ether oxygens (including phenoxy) is 1. The Morgan fingerprint density at radius 3 is 2.35 bits per heavy atom. The number of nitrogens with zero attached hydrogens (tertiary/aromatic N) is 1. The zero-order valence-electron chi connectivity index (χ0n) is 14.3. The first-order valence-electron chi connectivity index (χ1n) is 8.37. The lowest BCUT2D eigenvalue weighted by molar-refractivity contribution is 0.0603. The third-order valence-corrected chi connectivity index (χ3v) is 4.60. The Kier molecular flexibility index (Phi) is 4.01. The molecule has 0 N–H and O–H groups in total. The molecule has 0 aliphatic rings. The van der Waals surface area contributed by atoms with Crippen LogP contribution in [0.15, 0.2) is 77.6 Å². The summed E-state index contributed by atoms with van der Waals surface area (Å²) in [7, 11) is 1.32. The molecule has 0 fully saturated rings. The van der Waals surface area contributed by atoms with Crippen molar-refractivity contribution < 1.29 is 9.53 Å². The highest BCUT2D eigenvalue weighted by atomic mass is 16.5. The van der Waals surface area contributed by atoms with Gasteiger partial charge in [0.15, 0.2) is 0 Å². The Morgan fingerprint density at radius 1 is 0.885 bits per heavy atom. The molecule has 0 amide bonds. The lowest BCUT2D eigenvalue weighted by Crippen LogP contribution is -2.23.